The van der Waals surface area contributed by atoms with Gasteiger partial charge in [0.1, 0.15) is 5.75 Å². The van der Waals surface area contributed by atoms with Crippen LogP contribution in [0.3, 0.4) is 0 Å². The molecule has 0 aromatic heterocycles. The van der Waals surface area contributed by atoms with Gasteiger partial charge in [-0.2, -0.15) is 0 Å². The summed E-state index contributed by atoms with van der Waals surface area (Å²) in [4.78, 5) is 34.2. The van der Waals surface area contributed by atoms with E-state index in [1.807, 2.05) is 0 Å². The van der Waals surface area contributed by atoms with Crippen molar-refractivity contribution >= 4 is 29.4 Å². The Morgan fingerprint density at radius 1 is 1.00 bits per heavy atom. The summed E-state index contributed by atoms with van der Waals surface area (Å²) < 4.78 is 4.97. The molecule has 2 aromatic rings. The number of carbonyl (C=O) groups excluding carboxylic acids is 3. The number of benzene rings is 2. The van der Waals surface area contributed by atoms with Gasteiger partial charge in [-0.3, -0.25) is 9.59 Å². The highest BCUT2D eigenvalue weighted by atomic mass is 16.5. The van der Waals surface area contributed by atoms with E-state index >= 15 is 0 Å². The number of anilines is 1. The van der Waals surface area contributed by atoms with Crippen molar-refractivity contribution in [3.63, 3.8) is 0 Å². The lowest BCUT2D eigenvalue weighted by Crippen LogP contribution is -2.05. The van der Waals surface area contributed by atoms with Crippen LogP contribution in [0.4, 0.5) is 5.69 Å². The maximum Gasteiger partial charge on any atom is 0.335 e. The molecule has 5 nitrogen and oxygen atoms in total. The Bertz CT molecular complexity index is 818. The number of hydrogen-bond donors (Lipinski definition) is 1. The lowest BCUT2D eigenvalue weighted by Gasteiger charge is -2.03. The molecule has 0 saturated carbocycles. The van der Waals surface area contributed by atoms with Crippen molar-refractivity contribution in [3.05, 3.63) is 78.4 Å². The molecule has 0 fully saturated rings. The van der Waals surface area contributed by atoms with E-state index in [1.54, 1.807) is 54.6 Å². The molecule has 0 bridgehead atoms. The molecule has 1 N–H and O–H groups in total. The molecule has 0 aliphatic rings. The molecule has 0 atom stereocenters. The summed E-state index contributed by atoms with van der Waals surface area (Å²) >= 11 is 0. The fraction of sp³-hybridized carbons (Fsp3) is 0.0500. The lowest BCUT2D eigenvalue weighted by molar-refractivity contribution is -0.129. The van der Waals surface area contributed by atoms with Gasteiger partial charge in [0.15, 0.2) is 5.78 Å². The van der Waals surface area contributed by atoms with Crippen LogP contribution in [0, 0.1) is 0 Å². The molecule has 25 heavy (non-hydrogen) atoms. The number of nitrogens with one attached hydrogen (secondary N) is 1. The Hall–Kier alpha value is -3.47. The number of hydrogen-bond acceptors (Lipinski definition) is 4. The standard InChI is InChI=1S/C20H17NO4/c1-3-20(24)25-18-11-4-15(5-12-18)6-13-19(23)16-7-9-17(10-8-16)21-14(2)22/h3-13H,1H2,2H3,(H,21,22). The topological polar surface area (TPSA) is 72.5 Å². The van der Waals surface area contributed by atoms with Gasteiger partial charge in [0.05, 0.1) is 0 Å². The van der Waals surface area contributed by atoms with Crippen molar-refractivity contribution in [2.75, 3.05) is 5.32 Å². The van der Waals surface area contributed by atoms with Crippen LogP contribution in [0.2, 0.25) is 0 Å². The van der Waals surface area contributed by atoms with Gasteiger partial charge in [0.2, 0.25) is 5.91 Å². The maximum absolute atomic E-state index is 12.1. The zero-order chi connectivity index (χ0) is 18.2. The van der Waals surface area contributed by atoms with Gasteiger partial charge >= 0.3 is 5.97 Å². The summed E-state index contributed by atoms with van der Waals surface area (Å²) in [5, 5.41) is 2.64. The molecule has 5 heteroatoms. The number of amides is 1. The Morgan fingerprint density at radius 3 is 2.20 bits per heavy atom. The first-order valence-electron chi connectivity index (χ1n) is 7.52. The summed E-state index contributed by atoms with van der Waals surface area (Å²) in [6.45, 7) is 4.75. The lowest BCUT2D eigenvalue weighted by atomic mass is 10.1. The minimum atomic E-state index is -0.527. The van der Waals surface area contributed by atoms with E-state index < -0.39 is 5.97 Å². The predicted molar refractivity (Wildman–Crippen MR) is 96.4 cm³/mol. The molecule has 126 valence electrons. The van der Waals surface area contributed by atoms with Crippen molar-refractivity contribution in [2.45, 2.75) is 6.92 Å². The second kappa shape index (κ2) is 8.40. The van der Waals surface area contributed by atoms with Gasteiger partial charge in [-0.05, 0) is 48.0 Å². The molecule has 0 heterocycles. The van der Waals surface area contributed by atoms with E-state index in [2.05, 4.69) is 11.9 Å². The number of ether oxygens (including phenoxy) is 1. The summed E-state index contributed by atoms with van der Waals surface area (Å²) in [7, 11) is 0. The Labute approximate surface area is 145 Å². The summed E-state index contributed by atoms with van der Waals surface area (Å²) in [6, 6.07) is 13.4. The quantitative estimate of drug-likeness (QED) is 0.379. The van der Waals surface area contributed by atoms with E-state index in [9.17, 15) is 14.4 Å². The second-order valence-electron chi connectivity index (χ2n) is 5.15. The third kappa shape index (κ3) is 5.58. The third-order valence-corrected chi connectivity index (χ3v) is 3.18. The molecule has 2 rings (SSSR count). The summed E-state index contributed by atoms with van der Waals surface area (Å²) in [5.41, 5.74) is 1.95. The fourth-order valence-electron chi connectivity index (χ4n) is 1.99. The molecule has 1 amide bonds. The van der Waals surface area contributed by atoms with Gasteiger partial charge in [-0.1, -0.05) is 24.8 Å². The molecular weight excluding hydrogens is 318 g/mol. The zero-order valence-electron chi connectivity index (χ0n) is 13.7. The third-order valence-electron chi connectivity index (χ3n) is 3.18. The molecule has 0 radical (unpaired) electrons. The average molecular weight is 335 g/mol. The first-order valence-corrected chi connectivity index (χ1v) is 7.52. The van der Waals surface area contributed by atoms with Crippen LogP contribution in [0.25, 0.3) is 6.08 Å². The Balaban J connectivity index is 2.00. The van der Waals surface area contributed by atoms with Crippen LogP contribution in [-0.4, -0.2) is 17.7 Å². The fourth-order valence-corrected chi connectivity index (χ4v) is 1.99. The summed E-state index contributed by atoms with van der Waals surface area (Å²) in [6.07, 6.45) is 4.21. The van der Waals surface area contributed by atoms with Gasteiger partial charge < -0.3 is 10.1 Å². The van der Waals surface area contributed by atoms with Gasteiger partial charge in [0, 0.05) is 24.3 Å². The van der Waals surface area contributed by atoms with E-state index in [1.165, 1.54) is 13.0 Å². The Kier molecular flexibility index (Phi) is 6.01. The van der Waals surface area contributed by atoms with Crippen LogP contribution in [-0.2, 0) is 9.59 Å². The van der Waals surface area contributed by atoms with E-state index in [0.717, 1.165) is 11.6 Å². The second-order valence-corrected chi connectivity index (χ2v) is 5.15. The number of esters is 1. The van der Waals surface area contributed by atoms with Gasteiger partial charge in [-0.25, -0.2) is 4.79 Å². The van der Waals surface area contributed by atoms with Crippen molar-refractivity contribution in [1.82, 2.24) is 0 Å². The number of carbonyl (C=O) groups is 3. The molecular formula is C20H17NO4. The predicted octanol–water partition coefficient (Wildman–Crippen LogP) is 3.63. The van der Waals surface area contributed by atoms with Crippen LogP contribution >= 0.6 is 0 Å². The molecule has 0 spiro atoms. The van der Waals surface area contributed by atoms with Crippen molar-refractivity contribution in [1.29, 1.82) is 0 Å². The molecule has 0 saturated heterocycles. The molecule has 2 aromatic carbocycles. The first kappa shape index (κ1) is 17.9. The minimum absolute atomic E-state index is 0.156. The first-order chi connectivity index (χ1) is 12.0. The SMILES string of the molecule is C=CC(=O)Oc1ccc(C=CC(=O)c2ccc(NC(C)=O)cc2)cc1. The highest BCUT2D eigenvalue weighted by Crippen LogP contribution is 2.15. The van der Waals surface area contributed by atoms with Gasteiger partial charge in [-0.15, -0.1) is 0 Å². The molecule has 0 unspecified atom stereocenters. The monoisotopic (exact) mass is 335 g/mol. The van der Waals surface area contributed by atoms with Crippen LogP contribution in [0.1, 0.15) is 22.8 Å². The normalized spacial score (nSPS) is 10.3. The van der Waals surface area contributed by atoms with Crippen LogP contribution in [0.5, 0.6) is 5.75 Å². The van der Waals surface area contributed by atoms with Crippen LogP contribution < -0.4 is 10.1 Å². The number of allylic oxidation sites excluding steroid dienone is 1. The van der Waals surface area contributed by atoms with Crippen molar-refractivity contribution in [3.8, 4) is 5.75 Å². The highest BCUT2D eigenvalue weighted by Gasteiger charge is 2.03. The number of rotatable bonds is 6. The molecule has 0 aliphatic carbocycles. The average Bonchev–Trinajstić information content (AvgIpc) is 2.61. The zero-order valence-corrected chi connectivity index (χ0v) is 13.7. The van der Waals surface area contributed by atoms with E-state index in [-0.39, 0.29) is 11.7 Å². The largest absolute Gasteiger partial charge is 0.423 e. The maximum atomic E-state index is 12.1. The van der Waals surface area contributed by atoms with Crippen molar-refractivity contribution < 1.29 is 19.1 Å². The van der Waals surface area contributed by atoms with Gasteiger partial charge in [0.25, 0.3) is 0 Å². The van der Waals surface area contributed by atoms with E-state index in [0.29, 0.717) is 17.0 Å². The number of ketones is 1. The smallest absolute Gasteiger partial charge is 0.335 e. The van der Waals surface area contributed by atoms with Crippen LogP contribution in [0.15, 0.2) is 67.3 Å². The summed E-state index contributed by atoms with van der Waals surface area (Å²) in [5.74, 6) is -0.444. The van der Waals surface area contributed by atoms with E-state index in [4.69, 9.17) is 4.74 Å². The van der Waals surface area contributed by atoms with Crippen molar-refractivity contribution in [2.24, 2.45) is 0 Å². The highest BCUT2D eigenvalue weighted by molar-refractivity contribution is 6.07. The molecule has 0 aliphatic heterocycles. The minimum Gasteiger partial charge on any atom is -0.423 e. The Morgan fingerprint density at radius 2 is 1.64 bits per heavy atom.